The minimum Gasteiger partial charge on any atom is -0.386 e. The van der Waals surface area contributed by atoms with E-state index in [1.54, 1.807) is 0 Å². The van der Waals surface area contributed by atoms with Gasteiger partial charge in [0.2, 0.25) is 0 Å². The molecule has 58 heavy (non-hydrogen) atoms. The molecule has 2 aliphatic rings. The van der Waals surface area contributed by atoms with Gasteiger partial charge in [-0.05, 0) is 52.3 Å². The van der Waals surface area contributed by atoms with Crippen LogP contribution < -0.4 is 0 Å². The molecule has 0 unspecified atom stereocenters. The Morgan fingerprint density at radius 3 is 1.22 bits per heavy atom. The van der Waals surface area contributed by atoms with E-state index >= 15 is 0 Å². The van der Waals surface area contributed by atoms with Crippen molar-refractivity contribution in [2.24, 2.45) is 0 Å². The topological polar surface area (TPSA) is 57.4 Å². The summed E-state index contributed by atoms with van der Waals surface area (Å²) in [5.74, 6) is 0. The molecule has 5 heterocycles. The molecule has 11 rings (SSSR count). The van der Waals surface area contributed by atoms with Crippen molar-refractivity contribution in [1.29, 1.82) is 0 Å². The van der Waals surface area contributed by atoms with Crippen LogP contribution in [-0.4, -0.2) is 19.9 Å². The van der Waals surface area contributed by atoms with Crippen molar-refractivity contribution in [3.8, 4) is 44.5 Å². The maximum atomic E-state index is 5.31. The van der Waals surface area contributed by atoms with E-state index in [9.17, 15) is 0 Å². The minimum absolute atomic E-state index is 0. The second-order valence-electron chi connectivity index (χ2n) is 13.5. The Labute approximate surface area is 359 Å². The average Bonchev–Trinajstić information content (AvgIpc) is 4.09. The molecule has 2 N–H and O–H groups in total. The fourth-order valence-electron chi connectivity index (χ4n) is 7.35. The van der Waals surface area contributed by atoms with Crippen molar-refractivity contribution >= 4 is 46.4 Å². The molecule has 282 valence electrons. The summed E-state index contributed by atoms with van der Waals surface area (Å²) in [7, 11) is 0. The van der Waals surface area contributed by atoms with Gasteiger partial charge in [0.15, 0.2) is 0 Å². The number of hydrogen-bond donors (Lipinski definition) is 2. The van der Waals surface area contributed by atoms with E-state index in [1.165, 1.54) is 0 Å². The molecule has 6 aromatic carbocycles. The van der Waals surface area contributed by atoms with Gasteiger partial charge in [-0.25, -0.2) is 24.3 Å². The fourth-order valence-corrected chi connectivity index (χ4v) is 7.35. The van der Waals surface area contributed by atoms with Crippen LogP contribution in [0.5, 0.6) is 0 Å². The molecule has 8 bridgehead atoms. The molecular weight excluding hydrogens is 792 g/mol. The van der Waals surface area contributed by atoms with Crippen molar-refractivity contribution in [2.45, 2.75) is 0 Å². The van der Waals surface area contributed by atoms with Crippen LogP contribution in [0.2, 0.25) is 0 Å². The number of nitrogens with zero attached hydrogens (tertiary/aromatic N) is 2. The molecule has 0 fully saturated rings. The summed E-state index contributed by atoms with van der Waals surface area (Å²) in [6, 6.07) is 66.6. The first-order valence-electron chi connectivity index (χ1n) is 18.8. The smallest absolute Gasteiger partial charge is 0.386 e. The van der Waals surface area contributed by atoms with Crippen LogP contribution >= 0.6 is 0 Å². The van der Waals surface area contributed by atoms with E-state index < -0.39 is 0 Å². The summed E-state index contributed by atoms with van der Waals surface area (Å²) in [6.45, 7) is 0. The molecule has 9 aromatic rings. The number of H-pyrrole nitrogens is 2. The zero-order chi connectivity index (χ0) is 37.5. The summed E-state index contributed by atoms with van der Waals surface area (Å²) in [4.78, 5) is 18.2. The van der Waals surface area contributed by atoms with Gasteiger partial charge in [-0.15, -0.1) is 24.3 Å². The van der Waals surface area contributed by atoms with Gasteiger partial charge in [-0.1, -0.05) is 107 Å². The summed E-state index contributed by atoms with van der Waals surface area (Å²) in [5, 5.41) is 0. The van der Waals surface area contributed by atoms with Crippen molar-refractivity contribution in [1.82, 2.24) is 19.9 Å². The van der Waals surface area contributed by atoms with Crippen LogP contribution in [0.15, 0.2) is 194 Å². The van der Waals surface area contributed by atoms with Crippen LogP contribution in [-0.2, 0) is 34.1 Å². The minimum atomic E-state index is 0. The molecule has 6 heteroatoms. The first-order chi connectivity index (χ1) is 27.8. The molecule has 3 aromatic heterocycles. The largest absolute Gasteiger partial charge is 2.00 e. The zero-order valence-electron chi connectivity index (χ0n) is 31.4. The predicted molar refractivity (Wildman–Crippen MR) is 236 cm³/mol. The quantitative estimate of drug-likeness (QED) is 0.137. The van der Waals surface area contributed by atoms with Gasteiger partial charge in [0.25, 0.3) is 0 Å². The van der Waals surface area contributed by atoms with Gasteiger partial charge in [-0.3, -0.25) is 4.98 Å². The van der Waals surface area contributed by atoms with E-state index in [-0.39, 0.29) is 34.1 Å². The molecule has 0 saturated carbocycles. The third-order valence-corrected chi connectivity index (χ3v) is 9.89. The van der Waals surface area contributed by atoms with Gasteiger partial charge in [0.05, 0.1) is 5.69 Å². The molecule has 2 aliphatic heterocycles. The second kappa shape index (κ2) is 18.6. The van der Waals surface area contributed by atoms with Crippen LogP contribution in [0.4, 0.5) is 0 Å². The fraction of sp³-hybridized carbons (Fsp3) is 0. The number of nitrogens with one attached hydrogen (secondary N) is 2. The van der Waals surface area contributed by atoms with E-state index in [0.717, 1.165) is 89.4 Å². The van der Waals surface area contributed by atoms with Crippen molar-refractivity contribution < 1.29 is 34.1 Å². The van der Waals surface area contributed by atoms with E-state index in [0.29, 0.717) is 0 Å². The maximum absolute atomic E-state index is 5.31. The summed E-state index contributed by atoms with van der Waals surface area (Å²) >= 11 is 0. The number of aromatic nitrogens is 4. The van der Waals surface area contributed by atoms with Gasteiger partial charge in [0, 0.05) is 33.4 Å². The second-order valence-corrected chi connectivity index (χ2v) is 13.5. The third kappa shape index (κ3) is 8.43. The van der Waals surface area contributed by atoms with Gasteiger partial charge in [-0.2, -0.15) is 60.7 Å². The molecule has 0 radical (unpaired) electrons. The van der Waals surface area contributed by atoms with Crippen LogP contribution in [0.1, 0.15) is 22.8 Å². The monoisotopic (exact) mass is 830 g/mol. The number of fused-ring (bicyclic) bond motifs is 8. The average molecular weight is 831 g/mol. The van der Waals surface area contributed by atoms with Gasteiger partial charge >= 0.3 is 34.1 Å². The third-order valence-electron chi connectivity index (χ3n) is 9.89. The van der Waals surface area contributed by atoms with Crippen molar-refractivity contribution in [3.05, 3.63) is 217 Å². The predicted octanol–water partition coefficient (Wildman–Crippen LogP) is 13.6. The van der Waals surface area contributed by atoms with Gasteiger partial charge in [0.1, 0.15) is 0 Å². The molecule has 0 atom stereocenters. The Balaban J connectivity index is 0.000000375. The Bertz CT molecular complexity index is 2810. The SMILES string of the molecule is C1=Cc2nc1c(-[c-]1cccc1)c1nc(c(-[c-]3cccc3)c3ccc([nH]3)c(-c3ccccc3)c3ccc([nH]3)c2-c2ccccc2)C=C1.[Fe+2].[Fe+2].c1cc[cH-]c1.c1cc[cH-]c1. The Morgan fingerprint density at radius 1 is 0.362 bits per heavy atom. The standard InChI is InChI=1S/C42H28N4.2C5H5.2Fe/c1-3-11-27(12-4-1)39-31-19-20-32(43-31)40(28-13-5-2-6-14-28)34-22-24-36(45-34)42(30-17-9-10-18-30)38-26-25-37(46-38)41(29-15-7-8-16-29)35-23-21-33(39)44-35;2*1-2-4-5-3-1;;/h1-26,43-44H;2*1-5H;;/q-2;2*-1;2*+2. The zero-order valence-corrected chi connectivity index (χ0v) is 33.6. The summed E-state index contributed by atoms with van der Waals surface area (Å²) in [5.41, 5.74) is 16.3. The number of benzene rings is 2. The Kier molecular flexibility index (Phi) is 12.7. The van der Waals surface area contributed by atoms with Crippen LogP contribution in [0, 0.1) is 0 Å². The summed E-state index contributed by atoms with van der Waals surface area (Å²) in [6.07, 6.45) is 8.50. The number of rotatable bonds is 4. The van der Waals surface area contributed by atoms with Gasteiger partial charge < -0.3 is 15.0 Å². The Morgan fingerprint density at radius 2 is 0.741 bits per heavy atom. The molecule has 0 aliphatic carbocycles. The molecule has 0 saturated heterocycles. The van der Waals surface area contributed by atoms with Crippen LogP contribution in [0.3, 0.4) is 0 Å². The maximum Gasteiger partial charge on any atom is 2.00 e. The summed E-state index contributed by atoms with van der Waals surface area (Å²) < 4.78 is 0. The first kappa shape index (κ1) is 39.7. The van der Waals surface area contributed by atoms with Crippen molar-refractivity contribution in [2.75, 3.05) is 0 Å². The number of hydrogen-bond acceptors (Lipinski definition) is 2. The Hall–Kier alpha value is -6.52. The molecule has 0 amide bonds. The van der Waals surface area contributed by atoms with Crippen molar-refractivity contribution in [3.63, 3.8) is 0 Å². The van der Waals surface area contributed by atoms with Crippen LogP contribution in [0.25, 0.3) is 90.9 Å². The molecule has 4 nitrogen and oxygen atoms in total. The van der Waals surface area contributed by atoms with E-state index in [2.05, 4.69) is 162 Å². The number of aromatic amines is 2. The normalized spacial score (nSPS) is 11.0. The van der Waals surface area contributed by atoms with E-state index in [4.69, 9.17) is 9.97 Å². The van der Waals surface area contributed by atoms with E-state index in [1.807, 2.05) is 66.7 Å². The molecule has 0 spiro atoms. The first-order valence-corrected chi connectivity index (χ1v) is 18.8. The molecular formula is C52H38Fe2N4.